The Morgan fingerprint density at radius 2 is 2.09 bits per heavy atom. The van der Waals surface area contributed by atoms with Gasteiger partial charge in [0.05, 0.1) is 18.5 Å². The number of hydrogen-bond donors (Lipinski definition) is 2. The van der Waals surface area contributed by atoms with Crippen molar-refractivity contribution in [2.75, 3.05) is 25.4 Å². The standard InChI is InChI=1S/C15H24N2O3S.ClH/c1-12(2)20-9-10-21(18,19)17-11-15-14-6-4-3-5-13(14)7-8-16-15;/h3-6,12,15-17H,7-11H2,1-2H3;1H. The van der Waals surface area contributed by atoms with Gasteiger partial charge >= 0.3 is 0 Å². The predicted octanol–water partition coefficient (Wildman–Crippen LogP) is 1.64. The lowest BCUT2D eigenvalue weighted by Crippen LogP contribution is -2.40. The molecule has 0 spiro atoms. The van der Waals surface area contributed by atoms with Crippen LogP contribution >= 0.6 is 12.4 Å². The molecule has 1 aliphatic heterocycles. The monoisotopic (exact) mass is 348 g/mol. The molecule has 0 aromatic heterocycles. The quantitative estimate of drug-likeness (QED) is 0.786. The number of fused-ring (bicyclic) bond motifs is 1. The average molecular weight is 349 g/mol. The fraction of sp³-hybridized carbons (Fsp3) is 0.600. The lowest BCUT2D eigenvalue weighted by molar-refractivity contribution is 0.0911. The van der Waals surface area contributed by atoms with Gasteiger partial charge in [-0.1, -0.05) is 24.3 Å². The van der Waals surface area contributed by atoms with E-state index in [0.29, 0.717) is 6.54 Å². The van der Waals surface area contributed by atoms with Crippen LogP contribution in [0.15, 0.2) is 24.3 Å². The Bertz CT molecular complexity index is 564. The van der Waals surface area contributed by atoms with Gasteiger partial charge in [0.25, 0.3) is 0 Å². The van der Waals surface area contributed by atoms with Crippen molar-refractivity contribution in [3.05, 3.63) is 35.4 Å². The third kappa shape index (κ3) is 5.85. The topological polar surface area (TPSA) is 67.4 Å². The van der Waals surface area contributed by atoms with Crippen molar-refractivity contribution in [3.8, 4) is 0 Å². The van der Waals surface area contributed by atoms with Crippen LogP contribution in [0.1, 0.15) is 31.0 Å². The van der Waals surface area contributed by atoms with Crippen LogP contribution in [0.4, 0.5) is 0 Å². The summed E-state index contributed by atoms with van der Waals surface area (Å²) in [6.45, 7) is 5.26. The molecule has 0 amide bonds. The summed E-state index contributed by atoms with van der Waals surface area (Å²) in [5.74, 6) is -0.000450. The third-order valence-electron chi connectivity index (χ3n) is 3.53. The molecule has 1 atom stereocenters. The second-order valence-corrected chi connectivity index (χ2v) is 7.47. The van der Waals surface area contributed by atoms with Crippen molar-refractivity contribution < 1.29 is 13.2 Å². The van der Waals surface area contributed by atoms with Gasteiger partial charge in [-0.25, -0.2) is 13.1 Å². The van der Waals surface area contributed by atoms with E-state index >= 15 is 0 Å². The molecule has 2 N–H and O–H groups in total. The van der Waals surface area contributed by atoms with E-state index in [1.54, 1.807) is 0 Å². The summed E-state index contributed by atoms with van der Waals surface area (Å²) in [6.07, 6.45) is 1.04. The summed E-state index contributed by atoms with van der Waals surface area (Å²) in [7, 11) is -3.29. The highest BCUT2D eigenvalue weighted by molar-refractivity contribution is 7.89. The van der Waals surface area contributed by atoms with Gasteiger partial charge in [-0.2, -0.15) is 0 Å². The average Bonchev–Trinajstić information content (AvgIpc) is 2.44. The minimum Gasteiger partial charge on any atom is -0.378 e. The van der Waals surface area contributed by atoms with Gasteiger partial charge in [-0.05, 0) is 37.9 Å². The second kappa shape index (κ2) is 8.84. The maximum atomic E-state index is 11.9. The first-order chi connectivity index (χ1) is 9.98. The number of halogens is 1. The Labute approximate surface area is 139 Å². The Morgan fingerprint density at radius 3 is 2.82 bits per heavy atom. The minimum atomic E-state index is -3.29. The molecule has 0 aliphatic carbocycles. The minimum absolute atomic E-state index is 0. The highest BCUT2D eigenvalue weighted by Crippen LogP contribution is 2.21. The first-order valence-corrected chi connectivity index (χ1v) is 9.03. The zero-order valence-corrected chi connectivity index (χ0v) is 14.7. The van der Waals surface area contributed by atoms with Crippen LogP contribution in [0, 0.1) is 0 Å². The molecule has 126 valence electrons. The molecule has 1 aromatic rings. The molecule has 1 unspecified atom stereocenters. The summed E-state index contributed by atoms with van der Waals surface area (Å²) in [4.78, 5) is 0. The maximum absolute atomic E-state index is 11.9. The van der Waals surface area contributed by atoms with Crippen LogP contribution in [-0.2, 0) is 21.2 Å². The third-order valence-corrected chi connectivity index (χ3v) is 4.84. The molecule has 1 aliphatic rings. The van der Waals surface area contributed by atoms with E-state index in [1.807, 2.05) is 26.0 Å². The number of benzene rings is 1. The Morgan fingerprint density at radius 1 is 1.36 bits per heavy atom. The van der Waals surface area contributed by atoms with Crippen molar-refractivity contribution >= 4 is 22.4 Å². The van der Waals surface area contributed by atoms with Crippen molar-refractivity contribution in [2.24, 2.45) is 0 Å². The number of ether oxygens (including phenoxy) is 1. The molecule has 0 saturated heterocycles. The Balaban J connectivity index is 0.00000242. The number of sulfonamides is 1. The molecule has 1 aromatic carbocycles. The molecule has 0 fully saturated rings. The number of nitrogens with one attached hydrogen (secondary N) is 2. The van der Waals surface area contributed by atoms with Gasteiger partial charge in [-0.3, -0.25) is 0 Å². The van der Waals surface area contributed by atoms with E-state index in [0.717, 1.165) is 13.0 Å². The fourth-order valence-electron chi connectivity index (χ4n) is 2.45. The smallest absolute Gasteiger partial charge is 0.213 e. The van der Waals surface area contributed by atoms with Gasteiger partial charge < -0.3 is 10.1 Å². The van der Waals surface area contributed by atoms with E-state index in [2.05, 4.69) is 22.2 Å². The van der Waals surface area contributed by atoms with E-state index in [1.165, 1.54) is 11.1 Å². The van der Waals surface area contributed by atoms with E-state index in [-0.39, 0.29) is 36.9 Å². The van der Waals surface area contributed by atoms with Crippen LogP contribution in [0.5, 0.6) is 0 Å². The zero-order chi connectivity index (χ0) is 15.3. The van der Waals surface area contributed by atoms with Gasteiger partial charge in [0.15, 0.2) is 0 Å². The fourth-order valence-corrected chi connectivity index (χ4v) is 3.33. The molecule has 1 heterocycles. The SMILES string of the molecule is CC(C)OCCS(=O)(=O)NCC1NCCc2ccccc21.Cl. The number of hydrogen-bond acceptors (Lipinski definition) is 4. The van der Waals surface area contributed by atoms with Crippen LogP contribution in [-0.4, -0.2) is 40.0 Å². The van der Waals surface area contributed by atoms with Crippen LogP contribution in [0.2, 0.25) is 0 Å². The van der Waals surface area contributed by atoms with E-state index in [9.17, 15) is 8.42 Å². The highest BCUT2D eigenvalue weighted by Gasteiger charge is 2.21. The Kier molecular flexibility index (Phi) is 7.79. The lowest BCUT2D eigenvalue weighted by Gasteiger charge is -2.27. The Hall–Kier alpha value is -0.660. The van der Waals surface area contributed by atoms with Gasteiger partial charge in [0, 0.05) is 12.6 Å². The molecule has 2 rings (SSSR count). The van der Waals surface area contributed by atoms with Gasteiger partial charge in [-0.15, -0.1) is 12.4 Å². The number of rotatable bonds is 7. The summed E-state index contributed by atoms with van der Waals surface area (Å²) in [6, 6.07) is 8.21. The largest absolute Gasteiger partial charge is 0.378 e. The van der Waals surface area contributed by atoms with Crippen LogP contribution in [0.25, 0.3) is 0 Å². The molecule has 0 radical (unpaired) electrons. The van der Waals surface area contributed by atoms with Crippen LogP contribution in [0.3, 0.4) is 0 Å². The summed E-state index contributed by atoms with van der Waals surface area (Å²) >= 11 is 0. The molecule has 0 saturated carbocycles. The molecule has 7 heteroatoms. The molecular formula is C15H25ClN2O3S. The normalized spacial score (nSPS) is 17.9. The first kappa shape index (κ1) is 19.4. The first-order valence-electron chi connectivity index (χ1n) is 7.38. The molecule has 0 bridgehead atoms. The van der Waals surface area contributed by atoms with Crippen molar-refractivity contribution in [1.82, 2.24) is 10.0 Å². The zero-order valence-electron chi connectivity index (χ0n) is 13.0. The highest BCUT2D eigenvalue weighted by atomic mass is 35.5. The maximum Gasteiger partial charge on any atom is 0.213 e. The van der Waals surface area contributed by atoms with E-state index < -0.39 is 10.0 Å². The second-order valence-electron chi connectivity index (χ2n) is 5.54. The molecular weight excluding hydrogens is 324 g/mol. The van der Waals surface area contributed by atoms with Gasteiger partial charge in [0.2, 0.25) is 10.0 Å². The molecule has 22 heavy (non-hydrogen) atoms. The van der Waals surface area contributed by atoms with Crippen molar-refractivity contribution in [1.29, 1.82) is 0 Å². The summed E-state index contributed by atoms with van der Waals surface area (Å²) < 4.78 is 31.9. The molecule has 5 nitrogen and oxygen atoms in total. The van der Waals surface area contributed by atoms with E-state index in [4.69, 9.17) is 4.74 Å². The predicted molar refractivity (Wildman–Crippen MR) is 91.0 cm³/mol. The van der Waals surface area contributed by atoms with Crippen LogP contribution < -0.4 is 10.0 Å². The summed E-state index contributed by atoms with van der Waals surface area (Å²) in [5.41, 5.74) is 2.48. The van der Waals surface area contributed by atoms with Crippen molar-refractivity contribution in [3.63, 3.8) is 0 Å². The van der Waals surface area contributed by atoms with Crippen molar-refractivity contribution in [2.45, 2.75) is 32.4 Å². The lowest BCUT2D eigenvalue weighted by atomic mass is 9.95. The summed E-state index contributed by atoms with van der Waals surface area (Å²) in [5, 5.41) is 3.36. The van der Waals surface area contributed by atoms with Gasteiger partial charge in [0.1, 0.15) is 0 Å².